The first-order chi connectivity index (χ1) is 7.79. The highest BCUT2D eigenvalue weighted by Gasteiger charge is 2.00. The van der Waals surface area contributed by atoms with Crippen LogP contribution in [0.3, 0.4) is 0 Å². The fourth-order valence-electron chi connectivity index (χ4n) is 1.40. The van der Waals surface area contributed by atoms with Crippen LogP contribution < -0.4 is 11.1 Å². The van der Waals surface area contributed by atoms with Crippen molar-refractivity contribution in [1.82, 2.24) is 4.98 Å². The lowest BCUT2D eigenvalue weighted by atomic mass is 10.2. The van der Waals surface area contributed by atoms with Crippen LogP contribution in [-0.2, 0) is 6.54 Å². The predicted octanol–water partition coefficient (Wildman–Crippen LogP) is 2.42. The van der Waals surface area contributed by atoms with E-state index in [9.17, 15) is 4.39 Å². The van der Waals surface area contributed by atoms with Gasteiger partial charge in [0.1, 0.15) is 5.82 Å². The lowest BCUT2D eigenvalue weighted by Gasteiger charge is -2.09. The lowest BCUT2D eigenvalue weighted by molar-refractivity contribution is 0.628. The second-order valence-corrected chi connectivity index (χ2v) is 3.37. The molecule has 0 aliphatic carbocycles. The van der Waals surface area contributed by atoms with Gasteiger partial charge in [-0.1, -0.05) is 0 Å². The topological polar surface area (TPSA) is 50.9 Å². The molecular formula is C12H12FN3. The second kappa shape index (κ2) is 4.72. The van der Waals surface area contributed by atoms with Gasteiger partial charge in [0.15, 0.2) is 0 Å². The molecule has 82 valence electrons. The van der Waals surface area contributed by atoms with Crippen LogP contribution in [-0.4, -0.2) is 4.98 Å². The Morgan fingerprint density at radius 1 is 1.19 bits per heavy atom. The average molecular weight is 217 g/mol. The van der Waals surface area contributed by atoms with Crippen LogP contribution >= 0.6 is 0 Å². The van der Waals surface area contributed by atoms with Crippen molar-refractivity contribution in [3.63, 3.8) is 0 Å². The number of hydrogen-bond donors (Lipinski definition) is 2. The van der Waals surface area contributed by atoms with E-state index in [1.807, 2.05) is 6.07 Å². The Balaban J connectivity index is 2.23. The fraction of sp³-hybridized carbons (Fsp3) is 0.0833. The summed E-state index contributed by atoms with van der Waals surface area (Å²) in [6.45, 7) is 0.414. The number of aromatic nitrogens is 1. The van der Waals surface area contributed by atoms with Crippen LogP contribution in [0.4, 0.5) is 15.8 Å². The monoisotopic (exact) mass is 217 g/mol. The number of hydrogen-bond acceptors (Lipinski definition) is 3. The van der Waals surface area contributed by atoms with Crippen LogP contribution in [0.15, 0.2) is 42.7 Å². The van der Waals surface area contributed by atoms with Crippen molar-refractivity contribution >= 4 is 11.4 Å². The SMILES string of the molecule is NCc1cnccc1Nc1ccc(F)cc1. The van der Waals surface area contributed by atoms with E-state index in [0.29, 0.717) is 6.54 Å². The summed E-state index contributed by atoms with van der Waals surface area (Å²) in [4.78, 5) is 3.99. The second-order valence-electron chi connectivity index (χ2n) is 3.37. The summed E-state index contributed by atoms with van der Waals surface area (Å²) in [7, 11) is 0. The molecule has 1 heterocycles. The molecule has 0 bridgehead atoms. The van der Waals surface area contributed by atoms with E-state index in [-0.39, 0.29) is 5.82 Å². The van der Waals surface area contributed by atoms with E-state index < -0.39 is 0 Å². The van der Waals surface area contributed by atoms with E-state index in [1.54, 1.807) is 24.5 Å². The van der Waals surface area contributed by atoms with Crippen molar-refractivity contribution in [3.8, 4) is 0 Å². The summed E-state index contributed by atoms with van der Waals surface area (Å²) >= 11 is 0. The van der Waals surface area contributed by atoms with Gasteiger partial charge < -0.3 is 11.1 Å². The highest BCUT2D eigenvalue weighted by Crippen LogP contribution is 2.19. The van der Waals surface area contributed by atoms with Crippen molar-refractivity contribution < 1.29 is 4.39 Å². The zero-order valence-electron chi connectivity index (χ0n) is 8.65. The summed E-state index contributed by atoms with van der Waals surface area (Å²) in [5, 5.41) is 3.16. The average Bonchev–Trinajstić information content (AvgIpc) is 2.33. The normalized spacial score (nSPS) is 10.1. The molecule has 3 nitrogen and oxygen atoms in total. The van der Waals surface area contributed by atoms with Crippen molar-refractivity contribution in [2.75, 3.05) is 5.32 Å². The molecule has 3 N–H and O–H groups in total. The molecule has 16 heavy (non-hydrogen) atoms. The lowest BCUT2D eigenvalue weighted by Crippen LogP contribution is -2.02. The molecule has 4 heteroatoms. The quantitative estimate of drug-likeness (QED) is 0.830. The van der Waals surface area contributed by atoms with E-state index in [2.05, 4.69) is 10.3 Å². The molecular weight excluding hydrogens is 205 g/mol. The maximum absolute atomic E-state index is 12.7. The Bertz CT molecular complexity index is 468. The Morgan fingerprint density at radius 3 is 2.62 bits per heavy atom. The maximum Gasteiger partial charge on any atom is 0.123 e. The number of halogens is 1. The van der Waals surface area contributed by atoms with Crippen LogP contribution in [0, 0.1) is 5.82 Å². The number of nitrogens with one attached hydrogen (secondary N) is 1. The van der Waals surface area contributed by atoms with Gasteiger partial charge in [-0.05, 0) is 30.3 Å². The van der Waals surface area contributed by atoms with Crippen LogP contribution in [0.2, 0.25) is 0 Å². The zero-order chi connectivity index (χ0) is 11.4. The standard InChI is InChI=1S/C12H12FN3/c13-10-1-3-11(4-2-10)16-12-5-6-15-8-9(12)7-14/h1-6,8H,7,14H2,(H,15,16). The largest absolute Gasteiger partial charge is 0.355 e. The van der Waals surface area contributed by atoms with Crippen LogP contribution in [0.5, 0.6) is 0 Å². The third kappa shape index (κ3) is 2.35. The van der Waals surface area contributed by atoms with Gasteiger partial charge in [0.05, 0.1) is 0 Å². The summed E-state index contributed by atoms with van der Waals surface area (Å²) < 4.78 is 12.7. The highest BCUT2D eigenvalue weighted by atomic mass is 19.1. The van der Waals surface area contributed by atoms with Crippen molar-refractivity contribution in [3.05, 3.63) is 54.1 Å². The summed E-state index contributed by atoms with van der Waals surface area (Å²) in [6.07, 6.45) is 3.40. The van der Waals surface area contributed by atoms with E-state index in [4.69, 9.17) is 5.73 Å². The Labute approximate surface area is 93.1 Å². The first-order valence-electron chi connectivity index (χ1n) is 4.95. The van der Waals surface area contributed by atoms with Gasteiger partial charge in [0.2, 0.25) is 0 Å². The third-order valence-electron chi connectivity index (χ3n) is 2.25. The van der Waals surface area contributed by atoms with Gasteiger partial charge in [-0.25, -0.2) is 4.39 Å². The zero-order valence-corrected chi connectivity index (χ0v) is 8.65. The Morgan fingerprint density at radius 2 is 1.94 bits per heavy atom. The number of nitrogens with two attached hydrogens (primary N) is 1. The number of pyridine rings is 1. The van der Waals surface area contributed by atoms with Gasteiger partial charge in [-0.15, -0.1) is 0 Å². The fourth-order valence-corrected chi connectivity index (χ4v) is 1.40. The Kier molecular flexibility index (Phi) is 3.12. The molecule has 0 aliphatic rings. The van der Waals surface area contributed by atoms with E-state index in [0.717, 1.165) is 16.9 Å². The van der Waals surface area contributed by atoms with Gasteiger partial charge in [0.25, 0.3) is 0 Å². The minimum Gasteiger partial charge on any atom is -0.355 e. The molecule has 0 aliphatic heterocycles. The van der Waals surface area contributed by atoms with Gasteiger partial charge in [-0.3, -0.25) is 4.98 Å². The first kappa shape index (κ1) is 10.6. The molecule has 0 unspecified atom stereocenters. The Hall–Kier alpha value is -1.94. The van der Waals surface area contributed by atoms with Crippen molar-refractivity contribution in [2.45, 2.75) is 6.54 Å². The molecule has 0 atom stereocenters. The number of benzene rings is 1. The number of nitrogens with zero attached hydrogens (tertiary/aromatic N) is 1. The predicted molar refractivity (Wildman–Crippen MR) is 61.8 cm³/mol. The molecule has 0 amide bonds. The molecule has 0 saturated carbocycles. The van der Waals surface area contributed by atoms with Crippen molar-refractivity contribution in [2.24, 2.45) is 5.73 Å². The minimum atomic E-state index is -0.251. The third-order valence-corrected chi connectivity index (χ3v) is 2.25. The van der Waals surface area contributed by atoms with Gasteiger partial charge in [0, 0.05) is 35.9 Å². The van der Waals surface area contributed by atoms with Crippen LogP contribution in [0.25, 0.3) is 0 Å². The van der Waals surface area contributed by atoms with Gasteiger partial charge >= 0.3 is 0 Å². The van der Waals surface area contributed by atoms with Crippen molar-refractivity contribution in [1.29, 1.82) is 0 Å². The molecule has 1 aromatic heterocycles. The molecule has 2 rings (SSSR count). The molecule has 0 spiro atoms. The van der Waals surface area contributed by atoms with Gasteiger partial charge in [-0.2, -0.15) is 0 Å². The summed E-state index contributed by atoms with van der Waals surface area (Å²) in [5.41, 5.74) is 8.23. The highest BCUT2D eigenvalue weighted by molar-refractivity contribution is 5.62. The molecule has 0 radical (unpaired) electrons. The van der Waals surface area contributed by atoms with Crippen LogP contribution in [0.1, 0.15) is 5.56 Å². The summed E-state index contributed by atoms with van der Waals surface area (Å²) in [6, 6.07) is 8.01. The van der Waals surface area contributed by atoms with E-state index in [1.165, 1.54) is 12.1 Å². The maximum atomic E-state index is 12.7. The molecule has 2 aromatic rings. The number of rotatable bonds is 3. The smallest absolute Gasteiger partial charge is 0.123 e. The summed E-state index contributed by atoms with van der Waals surface area (Å²) in [5.74, 6) is -0.251. The molecule has 1 aromatic carbocycles. The molecule has 0 fully saturated rings. The molecule has 0 saturated heterocycles. The first-order valence-corrected chi connectivity index (χ1v) is 4.95. The minimum absolute atomic E-state index is 0.251. The number of anilines is 2. The van der Waals surface area contributed by atoms with E-state index >= 15 is 0 Å².